The Bertz CT molecular complexity index is 528. The van der Waals surface area contributed by atoms with Crippen LogP contribution in [0.15, 0.2) is 33.6 Å². The van der Waals surface area contributed by atoms with Crippen molar-refractivity contribution in [2.75, 3.05) is 6.54 Å². The van der Waals surface area contributed by atoms with Crippen molar-refractivity contribution in [2.45, 2.75) is 43.2 Å². The van der Waals surface area contributed by atoms with Gasteiger partial charge < -0.3 is 5.73 Å². The maximum Gasteiger partial charge on any atom is 0.243 e. The molecule has 0 spiro atoms. The van der Waals surface area contributed by atoms with E-state index in [1.54, 1.807) is 28.6 Å². The van der Waals surface area contributed by atoms with Crippen LogP contribution in [0.3, 0.4) is 0 Å². The molecule has 19 heavy (non-hydrogen) atoms. The van der Waals surface area contributed by atoms with Gasteiger partial charge in [-0.25, -0.2) is 8.42 Å². The van der Waals surface area contributed by atoms with Crippen LogP contribution in [0, 0.1) is 0 Å². The van der Waals surface area contributed by atoms with Gasteiger partial charge in [0.2, 0.25) is 10.0 Å². The van der Waals surface area contributed by atoms with Crippen molar-refractivity contribution in [3.8, 4) is 0 Å². The lowest BCUT2D eigenvalue weighted by Gasteiger charge is -2.36. The SMILES string of the molecule is CC(N)C1CCCCN1S(=O)(=O)c1ccc(Br)cc1. The van der Waals surface area contributed by atoms with E-state index in [0.29, 0.717) is 11.4 Å². The molecule has 1 aromatic rings. The average Bonchev–Trinajstić information content (AvgIpc) is 2.39. The summed E-state index contributed by atoms with van der Waals surface area (Å²) < 4.78 is 27.8. The predicted molar refractivity (Wildman–Crippen MR) is 79.3 cm³/mol. The third-order valence-electron chi connectivity index (χ3n) is 3.53. The van der Waals surface area contributed by atoms with Gasteiger partial charge in [0.05, 0.1) is 4.90 Å². The van der Waals surface area contributed by atoms with Gasteiger partial charge in [0.15, 0.2) is 0 Å². The second kappa shape index (κ2) is 5.91. The Labute approximate surface area is 123 Å². The first-order chi connectivity index (χ1) is 8.93. The summed E-state index contributed by atoms with van der Waals surface area (Å²) in [7, 11) is -3.44. The normalized spacial score (nSPS) is 23.2. The van der Waals surface area contributed by atoms with Crippen LogP contribution in [0.4, 0.5) is 0 Å². The minimum absolute atomic E-state index is 0.0950. The van der Waals surface area contributed by atoms with Crippen molar-refractivity contribution in [3.05, 3.63) is 28.7 Å². The third kappa shape index (κ3) is 3.18. The number of piperidine rings is 1. The minimum atomic E-state index is -3.44. The van der Waals surface area contributed by atoms with Crippen LogP contribution < -0.4 is 5.73 Å². The predicted octanol–water partition coefficient (Wildman–Crippen LogP) is 2.34. The molecular formula is C13H19BrN2O2S. The van der Waals surface area contributed by atoms with Gasteiger partial charge in [0, 0.05) is 23.1 Å². The van der Waals surface area contributed by atoms with Crippen LogP contribution in [0.1, 0.15) is 26.2 Å². The summed E-state index contributed by atoms with van der Waals surface area (Å²) in [5.41, 5.74) is 5.94. The zero-order valence-corrected chi connectivity index (χ0v) is 13.3. The first kappa shape index (κ1) is 15.0. The van der Waals surface area contributed by atoms with Gasteiger partial charge >= 0.3 is 0 Å². The zero-order chi connectivity index (χ0) is 14.0. The molecule has 106 valence electrons. The molecule has 1 fully saturated rings. The van der Waals surface area contributed by atoms with Gasteiger partial charge in [0.1, 0.15) is 0 Å². The van der Waals surface area contributed by atoms with Gasteiger partial charge in [-0.3, -0.25) is 0 Å². The van der Waals surface area contributed by atoms with Gasteiger partial charge in [-0.05, 0) is 44.0 Å². The van der Waals surface area contributed by atoms with Gasteiger partial charge in [-0.2, -0.15) is 4.31 Å². The van der Waals surface area contributed by atoms with Gasteiger partial charge in [-0.1, -0.05) is 22.4 Å². The quantitative estimate of drug-likeness (QED) is 0.913. The Kier molecular flexibility index (Phi) is 4.66. The van der Waals surface area contributed by atoms with Crippen molar-refractivity contribution in [1.29, 1.82) is 0 Å². The van der Waals surface area contributed by atoms with Crippen LogP contribution >= 0.6 is 15.9 Å². The highest BCUT2D eigenvalue weighted by atomic mass is 79.9. The largest absolute Gasteiger partial charge is 0.326 e. The van der Waals surface area contributed by atoms with E-state index in [0.717, 1.165) is 23.7 Å². The first-order valence-electron chi connectivity index (χ1n) is 6.46. The smallest absolute Gasteiger partial charge is 0.243 e. The highest BCUT2D eigenvalue weighted by Crippen LogP contribution is 2.27. The second-order valence-electron chi connectivity index (χ2n) is 4.99. The molecule has 2 rings (SSSR count). The van der Waals surface area contributed by atoms with E-state index in [4.69, 9.17) is 5.73 Å². The molecule has 0 saturated carbocycles. The van der Waals surface area contributed by atoms with Crippen molar-refractivity contribution >= 4 is 26.0 Å². The number of halogens is 1. The summed E-state index contributed by atoms with van der Waals surface area (Å²) in [5.74, 6) is 0. The number of hydrogen-bond acceptors (Lipinski definition) is 3. The molecule has 4 nitrogen and oxygen atoms in total. The molecule has 2 unspecified atom stereocenters. The number of sulfonamides is 1. The van der Waals surface area contributed by atoms with E-state index >= 15 is 0 Å². The van der Waals surface area contributed by atoms with Crippen LogP contribution in [-0.4, -0.2) is 31.4 Å². The fraction of sp³-hybridized carbons (Fsp3) is 0.538. The summed E-state index contributed by atoms with van der Waals surface area (Å²) in [6, 6.07) is 6.52. The van der Waals surface area contributed by atoms with Crippen molar-refractivity contribution in [1.82, 2.24) is 4.31 Å². The summed E-state index contributed by atoms with van der Waals surface area (Å²) in [6.45, 7) is 2.44. The minimum Gasteiger partial charge on any atom is -0.326 e. The lowest BCUT2D eigenvalue weighted by atomic mass is 10.00. The maximum atomic E-state index is 12.7. The Hall–Kier alpha value is -0.430. The fourth-order valence-electron chi connectivity index (χ4n) is 2.50. The van der Waals surface area contributed by atoms with E-state index in [9.17, 15) is 8.42 Å². The summed E-state index contributed by atoms with van der Waals surface area (Å²) in [6.07, 6.45) is 2.78. The number of nitrogens with zero attached hydrogens (tertiary/aromatic N) is 1. The van der Waals surface area contributed by atoms with Gasteiger partial charge in [0.25, 0.3) is 0 Å². The molecule has 1 aliphatic heterocycles. The number of benzene rings is 1. The highest BCUT2D eigenvalue weighted by molar-refractivity contribution is 9.10. The summed E-state index contributed by atoms with van der Waals surface area (Å²) in [4.78, 5) is 0.336. The third-order valence-corrected chi connectivity index (χ3v) is 5.99. The van der Waals surface area contributed by atoms with Gasteiger partial charge in [-0.15, -0.1) is 0 Å². The summed E-state index contributed by atoms with van der Waals surface area (Å²) in [5, 5.41) is 0. The van der Waals surface area contributed by atoms with Crippen LogP contribution in [-0.2, 0) is 10.0 Å². The lowest BCUT2D eigenvalue weighted by molar-refractivity contribution is 0.227. The molecule has 2 atom stereocenters. The molecule has 6 heteroatoms. The molecular weight excluding hydrogens is 328 g/mol. The van der Waals surface area contributed by atoms with E-state index < -0.39 is 10.0 Å². The van der Waals surface area contributed by atoms with E-state index in [2.05, 4.69) is 15.9 Å². The molecule has 2 N–H and O–H groups in total. The standard InChI is InChI=1S/C13H19BrN2O2S/c1-10(15)13-4-2-3-9-16(13)19(17,18)12-7-5-11(14)6-8-12/h5-8,10,13H,2-4,9,15H2,1H3. The molecule has 1 aromatic carbocycles. The Morgan fingerprint density at radius 3 is 2.53 bits per heavy atom. The van der Waals surface area contributed by atoms with Crippen molar-refractivity contribution < 1.29 is 8.42 Å². The maximum absolute atomic E-state index is 12.7. The van der Waals surface area contributed by atoms with Crippen LogP contribution in [0.5, 0.6) is 0 Å². The number of nitrogens with two attached hydrogens (primary N) is 1. The van der Waals surface area contributed by atoms with E-state index in [1.807, 2.05) is 6.92 Å². The number of hydrogen-bond donors (Lipinski definition) is 1. The molecule has 0 bridgehead atoms. The fourth-order valence-corrected chi connectivity index (χ4v) is 4.53. The molecule has 0 amide bonds. The monoisotopic (exact) mass is 346 g/mol. The Morgan fingerprint density at radius 1 is 1.32 bits per heavy atom. The molecule has 1 aliphatic rings. The molecule has 0 aromatic heterocycles. The van der Waals surface area contributed by atoms with Crippen molar-refractivity contribution in [2.24, 2.45) is 5.73 Å². The Morgan fingerprint density at radius 2 is 1.95 bits per heavy atom. The molecule has 1 heterocycles. The van der Waals surface area contributed by atoms with E-state index in [-0.39, 0.29) is 12.1 Å². The van der Waals surface area contributed by atoms with Crippen LogP contribution in [0.25, 0.3) is 0 Å². The van der Waals surface area contributed by atoms with Crippen molar-refractivity contribution in [3.63, 3.8) is 0 Å². The molecule has 0 aliphatic carbocycles. The van der Waals surface area contributed by atoms with E-state index in [1.165, 1.54) is 0 Å². The highest BCUT2D eigenvalue weighted by Gasteiger charge is 2.35. The first-order valence-corrected chi connectivity index (χ1v) is 8.69. The number of rotatable bonds is 3. The average molecular weight is 347 g/mol. The Balaban J connectivity index is 2.34. The summed E-state index contributed by atoms with van der Waals surface area (Å²) >= 11 is 3.31. The lowest BCUT2D eigenvalue weighted by Crippen LogP contribution is -2.51. The zero-order valence-electron chi connectivity index (χ0n) is 10.9. The van der Waals surface area contributed by atoms with Crippen LogP contribution in [0.2, 0.25) is 0 Å². The topological polar surface area (TPSA) is 63.4 Å². The second-order valence-corrected chi connectivity index (χ2v) is 7.80. The molecule has 0 radical (unpaired) electrons. The molecule has 1 saturated heterocycles.